The van der Waals surface area contributed by atoms with Gasteiger partial charge in [-0.1, -0.05) is 28.1 Å². The molecular weight excluding hydrogens is 578 g/mol. The van der Waals surface area contributed by atoms with Crippen molar-refractivity contribution in [2.45, 2.75) is 19.4 Å². The number of nitrogens with one attached hydrogen (secondary N) is 1. The summed E-state index contributed by atoms with van der Waals surface area (Å²) in [6.07, 6.45) is 2.51. The molecule has 1 aliphatic heterocycles. The SMILES string of the molecule is O=C(CCCN1C(=O)C=CC1=O)Oc1c(Br)cc(Br)cc1CNC(=O)c1ccccc1[N+](=O)[O-]. The second kappa shape index (κ2) is 11.2. The number of para-hydroxylation sites is 1. The van der Waals surface area contributed by atoms with Gasteiger partial charge in [0.05, 0.1) is 9.40 Å². The van der Waals surface area contributed by atoms with Gasteiger partial charge in [0.2, 0.25) is 0 Å². The number of ether oxygens (including phenoxy) is 1. The number of amides is 3. The lowest BCUT2D eigenvalue weighted by Gasteiger charge is -2.15. The van der Waals surface area contributed by atoms with Crippen molar-refractivity contribution in [3.05, 3.63) is 78.7 Å². The van der Waals surface area contributed by atoms with Crippen LogP contribution in [0.5, 0.6) is 5.75 Å². The topological polar surface area (TPSA) is 136 Å². The van der Waals surface area contributed by atoms with Crippen LogP contribution in [0.1, 0.15) is 28.8 Å². The van der Waals surface area contributed by atoms with Crippen LogP contribution in [0.25, 0.3) is 0 Å². The van der Waals surface area contributed by atoms with Gasteiger partial charge in [0.25, 0.3) is 23.4 Å². The largest absolute Gasteiger partial charge is 0.425 e. The van der Waals surface area contributed by atoms with Crippen LogP contribution in [-0.2, 0) is 20.9 Å². The molecule has 0 spiro atoms. The van der Waals surface area contributed by atoms with Crippen LogP contribution in [0, 0.1) is 10.1 Å². The molecule has 0 saturated carbocycles. The minimum atomic E-state index is -0.658. The number of carbonyl (C=O) groups excluding carboxylic acids is 4. The number of esters is 1. The molecule has 0 saturated heterocycles. The number of nitrogens with zero attached hydrogens (tertiary/aromatic N) is 2. The lowest BCUT2D eigenvalue weighted by molar-refractivity contribution is -0.385. The van der Waals surface area contributed by atoms with Gasteiger partial charge >= 0.3 is 5.97 Å². The molecule has 3 rings (SSSR count). The lowest BCUT2D eigenvalue weighted by Crippen LogP contribution is -2.31. The van der Waals surface area contributed by atoms with Crippen molar-refractivity contribution in [3.63, 3.8) is 0 Å². The standard InChI is InChI=1S/C22H17Br2N3O7/c23-14-10-13(12-25-22(31)15-4-1-2-5-17(15)27(32)33)21(16(24)11-14)34-20(30)6-3-9-26-18(28)7-8-19(26)29/h1-2,4-5,7-8,10-11H,3,6,9,12H2,(H,25,31). The summed E-state index contributed by atoms with van der Waals surface area (Å²) in [6.45, 7) is 0.00797. The Kier molecular flexibility index (Phi) is 8.29. The Morgan fingerprint density at radius 2 is 1.76 bits per heavy atom. The molecule has 2 aromatic rings. The Labute approximate surface area is 210 Å². The molecule has 176 valence electrons. The van der Waals surface area contributed by atoms with E-state index in [1.54, 1.807) is 12.1 Å². The minimum absolute atomic E-state index is 0.0540. The molecule has 34 heavy (non-hydrogen) atoms. The number of hydrogen-bond acceptors (Lipinski definition) is 7. The number of imide groups is 1. The van der Waals surface area contributed by atoms with Crippen LogP contribution in [0.15, 0.2) is 57.5 Å². The van der Waals surface area contributed by atoms with Gasteiger partial charge in [0.1, 0.15) is 11.3 Å². The first-order valence-electron chi connectivity index (χ1n) is 9.91. The van der Waals surface area contributed by atoms with Crippen molar-refractivity contribution in [2.24, 2.45) is 0 Å². The molecule has 10 nitrogen and oxygen atoms in total. The van der Waals surface area contributed by atoms with Crippen LogP contribution >= 0.6 is 31.9 Å². The number of nitro groups is 1. The van der Waals surface area contributed by atoms with Gasteiger partial charge in [-0.05, 0) is 40.5 Å². The van der Waals surface area contributed by atoms with E-state index in [2.05, 4.69) is 37.2 Å². The van der Waals surface area contributed by atoms with Crippen molar-refractivity contribution >= 4 is 61.2 Å². The van der Waals surface area contributed by atoms with Crippen molar-refractivity contribution in [3.8, 4) is 5.75 Å². The first kappa shape index (κ1) is 25.2. The molecule has 1 heterocycles. The third-order valence-electron chi connectivity index (χ3n) is 4.75. The molecule has 12 heteroatoms. The summed E-state index contributed by atoms with van der Waals surface area (Å²) in [5.41, 5.74) is 0.0171. The van der Waals surface area contributed by atoms with Crippen molar-refractivity contribution < 1.29 is 28.8 Å². The molecule has 0 bridgehead atoms. The molecule has 0 fully saturated rings. The minimum Gasteiger partial charge on any atom is -0.425 e. The van der Waals surface area contributed by atoms with Crippen molar-refractivity contribution in [2.75, 3.05) is 6.54 Å². The maximum Gasteiger partial charge on any atom is 0.311 e. The maximum absolute atomic E-state index is 12.6. The van der Waals surface area contributed by atoms with E-state index >= 15 is 0 Å². The van der Waals surface area contributed by atoms with Gasteiger partial charge in [-0.15, -0.1) is 0 Å². The monoisotopic (exact) mass is 593 g/mol. The highest BCUT2D eigenvalue weighted by molar-refractivity contribution is 9.11. The highest BCUT2D eigenvalue weighted by Crippen LogP contribution is 2.33. The van der Waals surface area contributed by atoms with Gasteiger partial charge in [-0.25, -0.2) is 0 Å². The number of hydrogen-bond donors (Lipinski definition) is 1. The van der Waals surface area contributed by atoms with Gasteiger partial charge in [-0.2, -0.15) is 0 Å². The van der Waals surface area contributed by atoms with Gasteiger partial charge < -0.3 is 10.1 Å². The van der Waals surface area contributed by atoms with Gasteiger partial charge in [0, 0.05) is 47.8 Å². The Morgan fingerprint density at radius 3 is 2.44 bits per heavy atom. The van der Waals surface area contributed by atoms with Crippen LogP contribution in [0.3, 0.4) is 0 Å². The normalized spacial score (nSPS) is 12.7. The Hall–Kier alpha value is -3.38. The van der Waals surface area contributed by atoms with E-state index in [-0.39, 0.29) is 42.9 Å². The summed E-state index contributed by atoms with van der Waals surface area (Å²) < 4.78 is 6.57. The van der Waals surface area contributed by atoms with Crippen LogP contribution < -0.4 is 10.1 Å². The third-order valence-corrected chi connectivity index (χ3v) is 5.80. The number of benzene rings is 2. The Morgan fingerprint density at radius 1 is 1.09 bits per heavy atom. The first-order chi connectivity index (χ1) is 16.2. The van der Waals surface area contributed by atoms with E-state index in [1.165, 1.54) is 36.4 Å². The van der Waals surface area contributed by atoms with Gasteiger partial charge in [0.15, 0.2) is 0 Å². The summed E-state index contributed by atoms with van der Waals surface area (Å²) in [4.78, 5) is 59.7. The van der Waals surface area contributed by atoms with E-state index in [9.17, 15) is 29.3 Å². The fourth-order valence-electron chi connectivity index (χ4n) is 3.15. The molecule has 0 radical (unpaired) electrons. The fourth-order valence-corrected chi connectivity index (χ4v) is 4.55. The second-order valence-electron chi connectivity index (χ2n) is 7.07. The fraction of sp³-hybridized carbons (Fsp3) is 0.182. The van der Waals surface area contributed by atoms with Gasteiger partial charge in [-0.3, -0.25) is 34.2 Å². The smallest absolute Gasteiger partial charge is 0.311 e. The summed E-state index contributed by atoms with van der Waals surface area (Å²) in [5.74, 6) is -1.93. The number of carbonyl (C=O) groups is 4. The zero-order valence-electron chi connectivity index (χ0n) is 17.5. The van der Waals surface area contributed by atoms with Crippen molar-refractivity contribution in [1.82, 2.24) is 10.2 Å². The summed E-state index contributed by atoms with van der Waals surface area (Å²) in [6, 6.07) is 8.85. The zero-order chi connectivity index (χ0) is 24.8. The predicted octanol–water partition coefficient (Wildman–Crippen LogP) is 3.66. The average molecular weight is 595 g/mol. The summed E-state index contributed by atoms with van der Waals surface area (Å²) in [7, 11) is 0. The van der Waals surface area contributed by atoms with Crippen LogP contribution in [0.4, 0.5) is 5.69 Å². The highest BCUT2D eigenvalue weighted by Gasteiger charge is 2.24. The molecule has 0 aromatic heterocycles. The molecule has 1 aliphatic rings. The number of halogens is 2. The molecule has 2 aromatic carbocycles. The predicted molar refractivity (Wildman–Crippen MR) is 127 cm³/mol. The molecule has 0 aliphatic carbocycles. The molecule has 3 amide bonds. The van der Waals surface area contributed by atoms with Crippen LogP contribution in [0.2, 0.25) is 0 Å². The van der Waals surface area contributed by atoms with Crippen molar-refractivity contribution in [1.29, 1.82) is 0 Å². The van der Waals surface area contributed by atoms with E-state index < -0.39 is 28.6 Å². The molecule has 1 N–H and O–H groups in total. The molecule has 0 unspecified atom stereocenters. The van der Waals surface area contributed by atoms with Crippen LogP contribution in [-0.4, -0.2) is 40.1 Å². The third kappa shape index (κ3) is 6.14. The Balaban J connectivity index is 1.66. The quantitative estimate of drug-likeness (QED) is 0.154. The average Bonchev–Trinajstić information content (AvgIpc) is 3.11. The summed E-state index contributed by atoms with van der Waals surface area (Å²) in [5, 5.41) is 13.8. The number of rotatable bonds is 9. The molecular formula is C22H17Br2N3O7. The lowest BCUT2D eigenvalue weighted by atomic mass is 10.1. The maximum atomic E-state index is 12.6. The molecule has 0 atom stereocenters. The zero-order valence-corrected chi connectivity index (χ0v) is 20.6. The second-order valence-corrected chi connectivity index (χ2v) is 8.84. The van der Waals surface area contributed by atoms with E-state index in [1.807, 2.05) is 0 Å². The highest BCUT2D eigenvalue weighted by atomic mass is 79.9. The first-order valence-corrected chi connectivity index (χ1v) is 11.5. The van der Waals surface area contributed by atoms with E-state index in [0.29, 0.717) is 14.5 Å². The number of nitro benzene ring substituents is 1. The van der Waals surface area contributed by atoms with E-state index in [0.717, 1.165) is 4.90 Å². The Bertz CT molecular complexity index is 1190. The summed E-state index contributed by atoms with van der Waals surface area (Å²) >= 11 is 6.67. The van der Waals surface area contributed by atoms with E-state index in [4.69, 9.17) is 4.74 Å².